The van der Waals surface area contributed by atoms with E-state index in [9.17, 15) is 9.18 Å². The summed E-state index contributed by atoms with van der Waals surface area (Å²) in [6.45, 7) is 0. The minimum atomic E-state index is -0.452. The van der Waals surface area contributed by atoms with E-state index < -0.39 is 5.92 Å². The van der Waals surface area contributed by atoms with Crippen molar-refractivity contribution in [2.75, 3.05) is 14.2 Å². The number of hydrogen-bond acceptors (Lipinski definition) is 2. The summed E-state index contributed by atoms with van der Waals surface area (Å²) in [5.74, 6) is -0.975. The molecule has 0 radical (unpaired) electrons. The van der Waals surface area contributed by atoms with Crippen LogP contribution in [-0.2, 0) is 16.1 Å². The summed E-state index contributed by atoms with van der Waals surface area (Å²) >= 11 is 5.88. The van der Waals surface area contributed by atoms with Crippen LogP contribution in [0.5, 0.6) is 0 Å². The molecule has 2 aromatic carbocycles. The van der Waals surface area contributed by atoms with Crippen molar-refractivity contribution < 1.29 is 14.0 Å². The van der Waals surface area contributed by atoms with Gasteiger partial charge >= 0.3 is 0 Å². The van der Waals surface area contributed by atoms with Crippen LogP contribution in [0.1, 0.15) is 17.0 Å². The van der Waals surface area contributed by atoms with Crippen LogP contribution < -0.4 is 0 Å². The number of carbonyl (C=O) groups excluding carboxylic acids is 1. The number of nitrogens with zero attached hydrogens (tertiary/aromatic N) is 1. The van der Waals surface area contributed by atoms with E-state index in [4.69, 9.17) is 16.4 Å². The summed E-state index contributed by atoms with van der Waals surface area (Å²) in [5, 5.41) is 1.83. The van der Waals surface area contributed by atoms with Crippen LogP contribution in [0.25, 0.3) is 0 Å². The van der Waals surface area contributed by atoms with E-state index in [1.807, 2.05) is 12.1 Å². The van der Waals surface area contributed by atoms with Crippen molar-refractivity contribution in [3.05, 3.63) is 70.5 Å². The van der Waals surface area contributed by atoms with Crippen LogP contribution in [-0.4, -0.2) is 25.1 Å². The van der Waals surface area contributed by atoms with Crippen LogP contribution >= 0.6 is 11.6 Å². The Bertz CT molecular complexity index is 628. The number of amides is 1. The number of rotatable bonds is 5. The zero-order chi connectivity index (χ0) is 16.1. The maximum Gasteiger partial charge on any atom is 0.253 e. The van der Waals surface area contributed by atoms with E-state index in [-0.39, 0.29) is 11.7 Å². The third-order valence-electron chi connectivity index (χ3n) is 3.51. The Labute approximate surface area is 134 Å². The molecule has 0 spiro atoms. The van der Waals surface area contributed by atoms with Gasteiger partial charge in [-0.1, -0.05) is 35.9 Å². The van der Waals surface area contributed by atoms with Crippen molar-refractivity contribution in [2.24, 2.45) is 0 Å². The predicted molar refractivity (Wildman–Crippen MR) is 84.1 cm³/mol. The van der Waals surface area contributed by atoms with E-state index >= 15 is 0 Å². The van der Waals surface area contributed by atoms with Crippen molar-refractivity contribution in [2.45, 2.75) is 12.3 Å². The van der Waals surface area contributed by atoms with Crippen LogP contribution in [0.3, 0.4) is 0 Å². The molecule has 0 N–H and O–H groups in total. The minimum absolute atomic E-state index is 0.191. The Morgan fingerprint density at radius 3 is 2.32 bits per heavy atom. The largest absolute Gasteiger partial charge is 0.275 e. The normalized spacial score (nSPS) is 12.0. The molecule has 22 heavy (non-hydrogen) atoms. The summed E-state index contributed by atoms with van der Waals surface area (Å²) < 4.78 is 13.1. The number of carbonyl (C=O) groups is 1. The van der Waals surface area contributed by atoms with E-state index in [1.54, 1.807) is 31.3 Å². The summed E-state index contributed by atoms with van der Waals surface area (Å²) in [6.07, 6.45) is 0.481. The fourth-order valence-corrected chi connectivity index (χ4v) is 2.33. The molecule has 1 unspecified atom stereocenters. The second-order valence-corrected chi connectivity index (χ2v) is 5.39. The lowest BCUT2D eigenvalue weighted by Crippen LogP contribution is -2.32. The van der Waals surface area contributed by atoms with Crippen LogP contribution in [0.4, 0.5) is 4.39 Å². The number of likely N-dealkylation sites (N-methyl/N-ethyl adjacent to an activating group) is 1. The average Bonchev–Trinajstić information content (AvgIpc) is 2.54. The Balaban J connectivity index is 2.30. The molecule has 2 rings (SSSR count). The first-order valence-corrected chi connectivity index (χ1v) is 7.20. The van der Waals surface area contributed by atoms with Gasteiger partial charge in [-0.25, -0.2) is 9.45 Å². The lowest BCUT2D eigenvalue weighted by atomic mass is 9.91. The molecule has 0 bridgehead atoms. The quantitative estimate of drug-likeness (QED) is 0.783. The molecule has 0 fully saturated rings. The molecular weight excluding hydrogens is 305 g/mol. The highest BCUT2D eigenvalue weighted by atomic mass is 35.5. The molecule has 0 saturated heterocycles. The zero-order valence-corrected chi connectivity index (χ0v) is 13.2. The summed E-state index contributed by atoms with van der Waals surface area (Å²) in [6, 6.07) is 13.3. The van der Waals surface area contributed by atoms with E-state index in [0.717, 1.165) is 11.1 Å². The molecule has 116 valence electrons. The highest BCUT2D eigenvalue weighted by Gasteiger charge is 2.24. The summed E-state index contributed by atoms with van der Waals surface area (Å²) in [7, 11) is 2.99. The van der Waals surface area contributed by atoms with Gasteiger partial charge in [0.1, 0.15) is 5.82 Å². The molecule has 5 heteroatoms. The second kappa shape index (κ2) is 7.38. The van der Waals surface area contributed by atoms with Crippen LogP contribution in [0.2, 0.25) is 5.02 Å². The fraction of sp³-hybridized carbons (Fsp3) is 0.235. The molecule has 1 amide bonds. The average molecular weight is 322 g/mol. The molecule has 0 saturated carbocycles. The third-order valence-corrected chi connectivity index (χ3v) is 3.76. The number of hydroxylamine groups is 2. The topological polar surface area (TPSA) is 29.5 Å². The Kier molecular flexibility index (Phi) is 5.52. The molecule has 0 aliphatic rings. The van der Waals surface area contributed by atoms with Gasteiger partial charge in [-0.05, 0) is 41.8 Å². The summed E-state index contributed by atoms with van der Waals surface area (Å²) in [5.41, 5.74) is 1.71. The molecule has 2 aromatic rings. The first-order chi connectivity index (χ1) is 10.5. The molecule has 0 aliphatic heterocycles. The number of benzene rings is 2. The Hall–Kier alpha value is -1.91. The van der Waals surface area contributed by atoms with Crippen LogP contribution in [0, 0.1) is 5.82 Å². The summed E-state index contributed by atoms with van der Waals surface area (Å²) in [4.78, 5) is 17.5. The molecule has 1 atom stereocenters. The van der Waals surface area contributed by atoms with Crippen molar-refractivity contribution >= 4 is 17.5 Å². The molecular formula is C17H17ClFNO2. The van der Waals surface area contributed by atoms with Gasteiger partial charge in [0.15, 0.2) is 0 Å². The lowest BCUT2D eigenvalue weighted by molar-refractivity contribution is -0.170. The molecule has 3 nitrogen and oxygen atoms in total. The lowest BCUT2D eigenvalue weighted by Gasteiger charge is -2.22. The van der Waals surface area contributed by atoms with Gasteiger partial charge in [-0.15, -0.1) is 0 Å². The van der Waals surface area contributed by atoms with Crippen molar-refractivity contribution in [1.29, 1.82) is 0 Å². The number of hydrogen-bond donors (Lipinski definition) is 0. The van der Waals surface area contributed by atoms with Gasteiger partial charge in [0.25, 0.3) is 5.91 Å². The smallest absolute Gasteiger partial charge is 0.253 e. The second-order valence-electron chi connectivity index (χ2n) is 4.95. The highest BCUT2D eigenvalue weighted by molar-refractivity contribution is 6.30. The maximum absolute atomic E-state index is 13.1. The number of halogens is 2. The highest BCUT2D eigenvalue weighted by Crippen LogP contribution is 2.24. The van der Waals surface area contributed by atoms with Gasteiger partial charge < -0.3 is 0 Å². The predicted octanol–water partition coefficient (Wildman–Crippen LogP) is 3.83. The van der Waals surface area contributed by atoms with Gasteiger partial charge in [0.05, 0.1) is 13.0 Å². The third kappa shape index (κ3) is 4.06. The molecule has 0 heterocycles. The maximum atomic E-state index is 13.1. The van der Waals surface area contributed by atoms with Gasteiger partial charge in [0, 0.05) is 12.1 Å². The van der Waals surface area contributed by atoms with Gasteiger partial charge in [0.2, 0.25) is 0 Å². The fourth-order valence-electron chi connectivity index (χ4n) is 2.21. The van der Waals surface area contributed by atoms with E-state index in [1.165, 1.54) is 24.3 Å². The first-order valence-electron chi connectivity index (χ1n) is 6.83. The van der Waals surface area contributed by atoms with Crippen molar-refractivity contribution in [3.63, 3.8) is 0 Å². The standard InChI is InChI=1S/C17H17ClFNO2/c1-20(22-2)17(21)16(13-5-9-15(19)10-6-13)11-12-3-7-14(18)8-4-12/h3-10,16H,11H2,1-2H3. The van der Waals surface area contributed by atoms with Gasteiger partial charge in [-0.2, -0.15) is 0 Å². The Morgan fingerprint density at radius 2 is 1.77 bits per heavy atom. The molecule has 0 aliphatic carbocycles. The minimum Gasteiger partial charge on any atom is -0.275 e. The first kappa shape index (κ1) is 16.5. The Morgan fingerprint density at radius 1 is 1.18 bits per heavy atom. The van der Waals surface area contributed by atoms with E-state index in [2.05, 4.69) is 0 Å². The van der Waals surface area contributed by atoms with Crippen molar-refractivity contribution in [1.82, 2.24) is 5.06 Å². The zero-order valence-electron chi connectivity index (χ0n) is 12.4. The van der Waals surface area contributed by atoms with Crippen LogP contribution in [0.15, 0.2) is 48.5 Å². The van der Waals surface area contributed by atoms with E-state index in [0.29, 0.717) is 11.4 Å². The van der Waals surface area contributed by atoms with Crippen molar-refractivity contribution in [3.8, 4) is 0 Å². The monoisotopic (exact) mass is 321 g/mol. The SMILES string of the molecule is CON(C)C(=O)C(Cc1ccc(Cl)cc1)c1ccc(F)cc1. The van der Waals surface area contributed by atoms with Gasteiger partial charge in [-0.3, -0.25) is 9.63 Å². The molecule has 0 aromatic heterocycles.